The number of rotatable bonds is 4. The first-order chi connectivity index (χ1) is 8.67. The molecule has 0 saturated carbocycles. The highest BCUT2D eigenvalue weighted by molar-refractivity contribution is 5.36. The van der Waals surface area contributed by atoms with Crippen LogP contribution in [0.3, 0.4) is 0 Å². The molecule has 1 unspecified atom stereocenters. The molecule has 0 aromatic carbocycles. The van der Waals surface area contributed by atoms with Crippen LogP contribution in [0.4, 0.5) is 0 Å². The highest BCUT2D eigenvalue weighted by Crippen LogP contribution is 2.29. The number of aliphatic hydroxyl groups is 1. The molecule has 2 aromatic rings. The van der Waals surface area contributed by atoms with Crippen LogP contribution in [0, 0.1) is 0 Å². The molecular weight excluding hydrogens is 230 g/mol. The molecule has 96 valence electrons. The summed E-state index contributed by atoms with van der Waals surface area (Å²) in [5.74, 6) is 0.580. The van der Waals surface area contributed by atoms with Crippen molar-refractivity contribution in [2.75, 3.05) is 7.11 Å². The van der Waals surface area contributed by atoms with Crippen LogP contribution in [-0.4, -0.2) is 27.0 Å². The molecule has 18 heavy (non-hydrogen) atoms. The lowest BCUT2D eigenvalue weighted by Crippen LogP contribution is -2.06. The van der Waals surface area contributed by atoms with E-state index in [4.69, 9.17) is 4.74 Å². The highest BCUT2D eigenvalue weighted by Gasteiger charge is 2.21. The van der Waals surface area contributed by atoms with Crippen LogP contribution in [0.5, 0.6) is 5.75 Å². The van der Waals surface area contributed by atoms with Crippen molar-refractivity contribution < 1.29 is 9.84 Å². The number of aromatic nitrogens is 3. The van der Waals surface area contributed by atoms with Crippen LogP contribution in [0.2, 0.25) is 0 Å². The van der Waals surface area contributed by atoms with Crippen molar-refractivity contribution in [3.05, 3.63) is 41.5 Å². The molecule has 5 nitrogen and oxygen atoms in total. The maximum Gasteiger partial charge on any atom is 0.143 e. The molecule has 0 aliphatic carbocycles. The predicted octanol–water partition coefficient (Wildman–Crippen LogP) is 1.47. The predicted molar refractivity (Wildman–Crippen MR) is 67.4 cm³/mol. The van der Waals surface area contributed by atoms with E-state index in [0.717, 1.165) is 17.7 Å². The second-order valence-electron chi connectivity index (χ2n) is 4.05. The topological polar surface area (TPSA) is 60.2 Å². The summed E-state index contributed by atoms with van der Waals surface area (Å²) >= 11 is 0. The van der Waals surface area contributed by atoms with Crippen molar-refractivity contribution in [2.24, 2.45) is 7.05 Å². The Hall–Kier alpha value is -1.88. The zero-order valence-corrected chi connectivity index (χ0v) is 10.8. The van der Waals surface area contributed by atoms with E-state index in [1.807, 2.05) is 20.2 Å². The minimum Gasteiger partial charge on any atom is -0.495 e. The monoisotopic (exact) mass is 247 g/mol. The minimum atomic E-state index is -0.815. The van der Waals surface area contributed by atoms with Crippen molar-refractivity contribution in [1.29, 1.82) is 0 Å². The van der Waals surface area contributed by atoms with Gasteiger partial charge in [-0.3, -0.25) is 9.67 Å². The Labute approximate surface area is 106 Å². The van der Waals surface area contributed by atoms with Crippen molar-refractivity contribution in [1.82, 2.24) is 14.8 Å². The molecule has 0 aliphatic rings. The van der Waals surface area contributed by atoms with Gasteiger partial charge in [-0.1, -0.05) is 6.92 Å². The van der Waals surface area contributed by atoms with E-state index in [-0.39, 0.29) is 0 Å². The highest BCUT2D eigenvalue weighted by atomic mass is 16.5. The summed E-state index contributed by atoms with van der Waals surface area (Å²) in [7, 11) is 3.41. The number of aliphatic hydroxyl groups excluding tert-OH is 1. The molecule has 0 amide bonds. The zero-order valence-electron chi connectivity index (χ0n) is 10.8. The lowest BCUT2D eigenvalue weighted by molar-refractivity contribution is 0.208. The van der Waals surface area contributed by atoms with E-state index < -0.39 is 6.10 Å². The van der Waals surface area contributed by atoms with Gasteiger partial charge in [0.2, 0.25) is 0 Å². The molecule has 5 heteroatoms. The quantitative estimate of drug-likeness (QED) is 0.888. The fraction of sp³-hybridized carbons (Fsp3) is 0.385. The van der Waals surface area contributed by atoms with Gasteiger partial charge in [0.15, 0.2) is 0 Å². The molecule has 2 heterocycles. The summed E-state index contributed by atoms with van der Waals surface area (Å²) in [4.78, 5) is 4.20. The van der Waals surface area contributed by atoms with Crippen LogP contribution >= 0.6 is 0 Å². The second-order valence-corrected chi connectivity index (χ2v) is 4.05. The van der Waals surface area contributed by atoms with E-state index in [2.05, 4.69) is 10.1 Å². The number of hydrogen-bond donors (Lipinski definition) is 1. The first-order valence-electron chi connectivity index (χ1n) is 5.86. The van der Waals surface area contributed by atoms with Gasteiger partial charge in [0, 0.05) is 25.0 Å². The van der Waals surface area contributed by atoms with E-state index in [1.165, 1.54) is 0 Å². The van der Waals surface area contributed by atoms with E-state index in [1.54, 1.807) is 30.1 Å². The van der Waals surface area contributed by atoms with Gasteiger partial charge in [-0.05, 0) is 18.6 Å². The molecule has 0 fully saturated rings. The van der Waals surface area contributed by atoms with Crippen molar-refractivity contribution in [2.45, 2.75) is 19.4 Å². The molecule has 0 radical (unpaired) electrons. The average molecular weight is 247 g/mol. The summed E-state index contributed by atoms with van der Waals surface area (Å²) in [5.41, 5.74) is 2.16. The molecular formula is C13H17N3O2. The normalized spacial score (nSPS) is 12.4. The van der Waals surface area contributed by atoms with Gasteiger partial charge in [-0.25, -0.2) is 0 Å². The Morgan fingerprint density at radius 1 is 1.50 bits per heavy atom. The fourth-order valence-electron chi connectivity index (χ4n) is 1.98. The minimum absolute atomic E-state index is 0.516. The largest absolute Gasteiger partial charge is 0.495 e. The van der Waals surface area contributed by atoms with Gasteiger partial charge in [-0.2, -0.15) is 5.10 Å². The van der Waals surface area contributed by atoms with Gasteiger partial charge in [-0.15, -0.1) is 0 Å². The molecule has 1 atom stereocenters. The number of pyridine rings is 1. The lowest BCUT2D eigenvalue weighted by Gasteiger charge is -2.13. The van der Waals surface area contributed by atoms with Gasteiger partial charge >= 0.3 is 0 Å². The Kier molecular flexibility index (Phi) is 3.62. The van der Waals surface area contributed by atoms with Crippen LogP contribution in [0.25, 0.3) is 0 Å². The van der Waals surface area contributed by atoms with Gasteiger partial charge in [0.25, 0.3) is 0 Å². The van der Waals surface area contributed by atoms with Gasteiger partial charge in [0.05, 0.1) is 12.8 Å². The third kappa shape index (κ3) is 2.22. The zero-order chi connectivity index (χ0) is 13.1. The van der Waals surface area contributed by atoms with E-state index >= 15 is 0 Å². The standard InChI is InChI=1S/C13H17N3O2/c1-4-10-9(8-16(2)15-10)13(17)12-11(18-3)6-5-7-14-12/h5-8,13,17H,4H2,1-3H3. The smallest absolute Gasteiger partial charge is 0.143 e. The molecule has 0 saturated heterocycles. The lowest BCUT2D eigenvalue weighted by atomic mass is 10.0. The first kappa shape index (κ1) is 12.6. The SMILES string of the molecule is CCc1nn(C)cc1C(O)c1ncccc1OC. The van der Waals surface area contributed by atoms with Crippen molar-refractivity contribution in [3.8, 4) is 5.75 Å². The van der Waals surface area contributed by atoms with Crippen LogP contribution in [-0.2, 0) is 13.5 Å². The third-order valence-electron chi connectivity index (χ3n) is 2.85. The Morgan fingerprint density at radius 2 is 2.28 bits per heavy atom. The molecule has 0 aliphatic heterocycles. The van der Waals surface area contributed by atoms with Crippen molar-refractivity contribution in [3.63, 3.8) is 0 Å². The third-order valence-corrected chi connectivity index (χ3v) is 2.85. The number of methoxy groups -OCH3 is 1. The van der Waals surface area contributed by atoms with Gasteiger partial charge in [0.1, 0.15) is 17.5 Å². The van der Waals surface area contributed by atoms with Crippen LogP contribution in [0.1, 0.15) is 30.0 Å². The molecule has 1 N–H and O–H groups in total. The number of nitrogens with zero attached hydrogens (tertiary/aromatic N) is 3. The average Bonchev–Trinajstić information content (AvgIpc) is 2.79. The Bertz CT molecular complexity index is 537. The van der Waals surface area contributed by atoms with E-state index in [9.17, 15) is 5.11 Å². The molecule has 2 aromatic heterocycles. The summed E-state index contributed by atoms with van der Waals surface area (Å²) in [5, 5.41) is 14.8. The number of aryl methyl sites for hydroxylation is 2. The molecule has 0 bridgehead atoms. The van der Waals surface area contributed by atoms with Crippen LogP contribution < -0.4 is 4.74 Å². The summed E-state index contributed by atoms with van der Waals surface area (Å²) < 4.78 is 6.92. The summed E-state index contributed by atoms with van der Waals surface area (Å²) in [6.07, 6.45) is 3.41. The fourth-order valence-corrected chi connectivity index (χ4v) is 1.98. The first-order valence-corrected chi connectivity index (χ1v) is 5.86. The summed E-state index contributed by atoms with van der Waals surface area (Å²) in [6.45, 7) is 2.01. The number of hydrogen-bond acceptors (Lipinski definition) is 4. The second kappa shape index (κ2) is 5.18. The van der Waals surface area contributed by atoms with Crippen molar-refractivity contribution >= 4 is 0 Å². The summed E-state index contributed by atoms with van der Waals surface area (Å²) in [6, 6.07) is 3.56. The van der Waals surface area contributed by atoms with Gasteiger partial charge < -0.3 is 9.84 Å². The number of ether oxygens (including phenoxy) is 1. The Balaban J connectivity index is 2.44. The van der Waals surface area contributed by atoms with E-state index in [0.29, 0.717) is 11.4 Å². The maximum absolute atomic E-state index is 10.4. The van der Waals surface area contributed by atoms with Crippen LogP contribution in [0.15, 0.2) is 24.5 Å². The molecule has 2 rings (SSSR count). The maximum atomic E-state index is 10.4. The Morgan fingerprint density at radius 3 is 2.94 bits per heavy atom. The molecule has 0 spiro atoms.